The Morgan fingerprint density at radius 1 is 1.15 bits per heavy atom. The lowest BCUT2D eigenvalue weighted by Crippen LogP contribution is -2.45. The number of alkyl halides is 3. The molecule has 0 aliphatic rings. The van der Waals surface area contributed by atoms with Crippen molar-refractivity contribution in [3.8, 4) is 0 Å². The molecule has 0 aromatic carbocycles. The molecule has 0 bridgehead atoms. The summed E-state index contributed by atoms with van der Waals surface area (Å²) in [4.78, 5) is 23.2. The highest BCUT2D eigenvalue weighted by Gasteiger charge is 2.41. The van der Waals surface area contributed by atoms with E-state index in [4.69, 9.17) is 5.73 Å². The van der Waals surface area contributed by atoms with Crippen LogP contribution < -0.4 is 11.1 Å². The van der Waals surface area contributed by atoms with Crippen LogP contribution in [0.2, 0.25) is 0 Å². The van der Waals surface area contributed by atoms with Crippen LogP contribution in [0.1, 0.15) is 19.8 Å². The van der Waals surface area contributed by atoms with E-state index in [-0.39, 0.29) is 23.4 Å². The molecule has 0 aromatic rings. The molecule has 154 valence electrons. The van der Waals surface area contributed by atoms with Gasteiger partial charge in [-0.2, -0.15) is 25.8 Å². The van der Waals surface area contributed by atoms with E-state index >= 15 is 0 Å². The van der Waals surface area contributed by atoms with E-state index in [0.717, 1.165) is 18.9 Å². The number of ether oxygens (including phenoxy) is 2. The molecule has 0 spiro atoms. The maximum atomic E-state index is 13.2. The number of hydrogen-bond acceptors (Lipinski definition) is 8. The summed E-state index contributed by atoms with van der Waals surface area (Å²) in [5, 5.41) is 2.38. The summed E-state index contributed by atoms with van der Waals surface area (Å²) in [6, 6.07) is -2.11. The van der Waals surface area contributed by atoms with Crippen molar-refractivity contribution in [2.45, 2.75) is 38.0 Å². The number of carbonyl (C=O) groups excluding carboxylic acids is 2. The Balaban J connectivity index is 4.66. The average molecular weight is 421 g/mol. The standard InChI is InChI=1S/C15H27F3N2O4S2/c1-9(19)4-11(14(22)24-3)7-26-8-20-12(15(16,17)18)5-10(6-25)13(21)23-2/h9-12,20,25H,4-8,19H2,1-3H3. The van der Waals surface area contributed by atoms with Crippen LogP contribution in [0.25, 0.3) is 0 Å². The van der Waals surface area contributed by atoms with Gasteiger partial charge in [-0.1, -0.05) is 0 Å². The van der Waals surface area contributed by atoms with Crippen molar-refractivity contribution >= 4 is 36.3 Å². The highest BCUT2D eigenvalue weighted by atomic mass is 32.2. The highest BCUT2D eigenvalue weighted by molar-refractivity contribution is 7.99. The van der Waals surface area contributed by atoms with Crippen molar-refractivity contribution in [3.05, 3.63) is 0 Å². The number of esters is 2. The second-order valence-electron chi connectivity index (χ2n) is 5.88. The van der Waals surface area contributed by atoms with Crippen molar-refractivity contribution in [1.29, 1.82) is 0 Å². The topological polar surface area (TPSA) is 90.6 Å². The Morgan fingerprint density at radius 3 is 2.12 bits per heavy atom. The molecule has 3 N–H and O–H groups in total. The van der Waals surface area contributed by atoms with Gasteiger partial charge in [0.1, 0.15) is 6.04 Å². The van der Waals surface area contributed by atoms with Crippen LogP contribution in [0.3, 0.4) is 0 Å². The highest BCUT2D eigenvalue weighted by Crippen LogP contribution is 2.27. The number of thiol groups is 1. The second-order valence-corrected chi connectivity index (χ2v) is 7.28. The average Bonchev–Trinajstić information content (AvgIpc) is 2.57. The number of thioether (sulfide) groups is 1. The fourth-order valence-electron chi connectivity index (χ4n) is 2.24. The first-order valence-corrected chi connectivity index (χ1v) is 9.75. The summed E-state index contributed by atoms with van der Waals surface area (Å²) >= 11 is 5.05. The number of halogens is 3. The van der Waals surface area contributed by atoms with Gasteiger partial charge in [0.15, 0.2) is 0 Å². The van der Waals surface area contributed by atoms with E-state index in [1.54, 1.807) is 6.92 Å². The van der Waals surface area contributed by atoms with Gasteiger partial charge in [-0.15, -0.1) is 11.8 Å². The quantitative estimate of drug-likeness (QED) is 0.192. The lowest BCUT2D eigenvalue weighted by molar-refractivity contribution is -0.163. The maximum Gasteiger partial charge on any atom is 0.403 e. The summed E-state index contributed by atoms with van der Waals surface area (Å²) in [7, 11) is 2.37. The van der Waals surface area contributed by atoms with E-state index in [1.807, 2.05) is 0 Å². The molecule has 0 saturated carbocycles. The summed E-state index contributed by atoms with van der Waals surface area (Å²) in [6.45, 7) is 1.74. The van der Waals surface area contributed by atoms with Crippen LogP contribution >= 0.6 is 24.4 Å². The first kappa shape index (κ1) is 25.4. The number of rotatable bonds is 12. The number of carbonyl (C=O) groups is 2. The minimum absolute atomic E-state index is 0.0446. The van der Waals surface area contributed by atoms with Crippen molar-refractivity contribution < 1.29 is 32.2 Å². The van der Waals surface area contributed by atoms with Gasteiger partial charge >= 0.3 is 18.1 Å². The Kier molecular flexibility index (Phi) is 12.4. The third kappa shape index (κ3) is 9.89. The molecule has 4 atom stereocenters. The fraction of sp³-hybridized carbons (Fsp3) is 0.867. The minimum Gasteiger partial charge on any atom is -0.469 e. The summed E-state index contributed by atoms with van der Waals surface area (Å²) in [5.74, 6) is -2.44. The van der Waals surface area contributed by atoms with Gasteiger partial charge < -0.3 is 15.2 Å². The van der Waals surface area contributed by atoms with Gasteiger partial charge in [0.05, 0.1) is 26.1 Å². The predicted octanol–water partition coefficient (Wildman–Crippen LogP) is 1.83. The first-order chi connectivity index (χ1) is 12.1. The summed E-state index contributed by atoms with van der Waals surface area (Å²) in [6.07, 6.45) is -4.61. The van der Waals surface area contributed by atoms with Crippen LogP contribution in [-0.2, 0) is 19.1 Å². The van der Waals surface area contributed by atoms with Gasteiger partial charge in [0.2, 0.25) is 0 Å². The molecule has 6 nitrogen and oxygen atoms in total. The van der Waals surface area contributed by atoms with E-state index in [0.29, 0.717) is 6.42 Å². The zero-order chi connectivity index (χ0) is 20.3. The minimum atomic E-state index is -4.52. The predicted molar refractivity (Wildman–Crippen MR) is 98.1 cm³/mol. The lowest BCUT2D eigenvalue weighted by atomic mass is 10.0. The number of hydrogen-bond donors (Lipinski definition) is 3. The van der Waals surface area contributed by atoms with Gasteiger partial charge in [0, 0.05) is 23.4 Å². The van der Waals surface area contributed by atoms with E-state index in [2.05, 4.69) is 27.4 Å². The maximum absolute atomic E-state index is 13.2. The summed E-state index contributed by atoms with van der Waals surface area (Å²) < 4.78 is 48.7. The SMILES string of the molecule is COC(=O)C(CSCNC(CC(CS)C(=O)OC)C(F)(F)F)CC(C)N. The zero-order valence-corrected chi connectivity index (χ0v) is 16.8. The molecule has 0 fully saturated rings. The molecule has 0 aromatic heterocycles. The molecule has 0 aliphatic heterocycles. The lowest BCUT2D eigenvalue weighted by Gasteiger charge is -2.25. The molecule has 0 radical (unpaired) electrons. The van der Waals surface area contributed by atoms with Crippen LogP contribution in [0.5, 0.6) is 0 Å². The van der Waals surface area contributed by atoms with Crippen molar-refractivity contribution in [2.75, 3.05) is 31.6 Å². The van der Waals surface area contributed by atoms with E-state index in [9.17, 15) is 22.8 Å². The monoisotopic (exact) mass is 420 g/mol. The third-order valence-electron chi connectivity index (χ3n) is 3.61. The molecule has 4 unspecified atom stereocenters. The normalized spacial score (nSPS) is 16.5. The molecule has 0 amide bonds. The smallest absolute Gasteiger partial charge is 0.403 e. The Bertz CT molecular complexity index is 440. The third-order valence-corrected chi connectivity index (χ3v) is 5.06. The molecular formula is C15H27F3N2O4S2. The summed E-state index contributed by atoms with van der Waals surface area (Å²) in [5.41, 5.74) is 5.67. The van der Waals surface area contributed by atoms with Crippen molar-refractivity contribution in [1.82, 2.24) is 5.32 Å². The van der Waals surface area contributed by atoms with Crippen LogP contribution in [0.15, 0.2) is 0 Å². The largest absolute Gasteiger partial charge is 0.469 e. The Morgan fingerprint density at radius 2 is 1.69 bits per heavy atom. The molecule has 11 heteroatoms. The fourth-order valence-corrected chi connectivity index (χ4v) is 3.53. The second kappa shape index (κ2) is 12.7. The first-order valence-electron chi connectivity index (χ1n) is 7.96. The van der Waals surface area contributed by atoms with Crippen LogP contribution in [0.4, 0.5) is 13.2 Å². The molecule has 0 rings (SSSR count). The Hall–Kier alpha value is -0.650. The zero-order valence-electron chi connectivity index (χ0n) is 15.0. The molecule has 0 heterocycles. The van der Waals surface area contributed by atoms with Gasteiger partial charge in [-0.25, -0.2) is 0 Å². The number of methoxy groups -OCH3 is 2. The number of nitrogens with two attached hydrogens (primary N) is 1. The van der Waals surface area contributed by atoms with Crippen LogP contribution in [-0.4, -0.2) is 61.8 Å². The van der Waals surface area contributed by atoms with Crippen LogP contribution in [0, 0.1) is 11.8 Å². The van der Waals surface area contributed by atoms with Gasteiger partial charge in [0.25, 0.3) is 0 Å². The van der Waals surface area contributed by atoms with Crippen molar-refractivity contribution in [3.63, 3.8) is 0 Å². The van der Waals surface area contributed by atoms with E-state index in [1.165, 1.54) is 7.11 Å². The molecular weight excluding hydrogens is 393 g/mol. The van der Waals surface area contributed by atoms with Gasteiger partial charge in [-0.05, 0) is 19.8 Å². The molecule has 0 saturated heterocycles. The number of nitrogens with one attached hydrogen (secondary N) is 1. The Labute approximate surface area is 161 Å². The van der Waals surface area contributed by atoms with Crippen molar-refractivity contribution in [2.24, 2.45) is 17.6 Å². The van der Waals surface area contributed by atoms with E-state index < -0.39 is 42.4 Å². The molecule has 0 aliphatic carbocycles. The van der Waals surface area contributed by atoms with Gasteiger partial charge in [-0.3, -0.25) is 14.9 Å². The molecule has 26 heavy (non-hydrogen) atoms.